The van der Waals surface area contributed by atoms with Gasteiger partial charge in [0.15, 0.2) is 0 Å². The minimum atomic E-state index is -0.219. The van der Waals surface area contributed by atoms with Crippen molar-refractivity contribution >= 4 is 23.2 Å². The van der Waals surface area contributed by atoms with Crippen LogP contribution in [-0.4, -0.2) is 16.1 Å². The summed E-state index contributed by atoms with van der Waals surface area (Å²) in [4.78, 5) is 11.9. The van der Waals surface area contributed by atoms with E-state index in [9.17, 15) is 15.0 Å². The molecule has 2 aromatic rings. The van der Waals surface area contributed by atoms with Crippen LogP contribution in [0.3, 0.4) is 0 Å². The Morgan fingerprint density at radius 2 is 1.84 bits per heavy atom. The Balaban J connectivity index is 2.14. The predicted octanol–water partition coefficient (Wildman–Crippen LogP) is 2.59. The van der Waals surface area contributed by atoms with Crippen molar-refractivity contribution in [2.45, 2.75) is 0 Å². The van der Waals surface area contributed by atoms with Crippen molar-refractivity contribution < 1.29 is 15.0 Å². The van der Waals surface area contributed by atoms with Gasteiger partial charge in [-0.2, -0.15) is 0 Å². The van der Waals surface area contributed by atoms with Gasteiger partial charge in [-0.15, -0.1) is 0 Å². The fourth-order valence-electron chi connectivity index (χ4n) is 2.10. The summed E-state index contributed by atoms with van der Waals surface area (Å²) in [7, 11) is 0. The standard InChI is InChI=1S/C15H11NO3/c17-10-5-6-14(18)9(7-10)8-12-11-3-1-2-4-13(11)16-15(12)19/h1-8,17-18H,(H,16,19). The number of carbonyl (C=O) groups excluding carboxylic acids is 1. The summed E-state index contributed by atoms with van der Waals surface area (Å²) in [6.45, 7) is 0. The Morgan fingerprint density at radius 3 is 2.68 bits per heavy atom. The number of phenols is 2. The first-order valence-electron chi connectivity index (χ1n) is 5.79. The Labute approximate surface area is 109 Å². The van der Waals surface area contributed by atoms with Crippen molar-refractivity contribution in [2.24, 2.45) is 0 Å². The fraction of sp³-hybridized carbons (Fsp3) is 0. The lowest BCUT2D eigenvalue weighted by molar-refractivity contribution is -0.110. The van der Waals surface area contributed by atoms with Gasteiger partial charge in [0.05, 0.1) is 0 Å². The van der Waals surface area contributed by atoms with E-state index in [2.05, 4.69) is 5.32 Å². The fourth-order valence-corrected chi connectivity index (χ4v) is 2.10. The second-order valence-corrected chi connectivity index (χ2v) is 4.30. The van der Waals surface area contributed by atoms with Crippen LogP contribution in [0.15, 0.2) is 42.5 Å². The molecule has 0 atom stereocenters. The zero-order valence-electron chi connectivity index (χ0n) is 9.92. The van der Waals surface area contributed by atoms with Crippen LogP contribution >= 0.6 is 0 Å². The lowest BCUT2D eigenvalue weighted by Crippen LogP contribution is -2.03. The summed E-state index contributed by atoms with van der Waals surface area (Å²) in [5.74, 6) is -0.164. The lowest BCUT2D eigenvalue weighted by Gasteiger charge is -2.02. The quantitative estimate of drug-likeness (QED) is 0.540. The molecule has 1 amide bonds. The first kappa shape index (κ1) is 11.3. The number of phenolic OH excluding ortho intramolecular Hbond substituents is 2. The highest BCUT2D eigenvalue weighted by molar-refractivity contribution is 6.35. The van der Waals surface area contributed by atoms with Gasteiger partial charge in [0.25, 0.3) is 5.91 Å². The van der Waals surface area contributed by atoms with E-state index in [1.807, 2.05) is 24.3 Å². The molecule has 0 spiro atoms. The Hall–Kier alpha value is -2.75. The third-order valence-electron chi connectivity index (χ3n) is 3.02. The van der Waals surface area contributed by atoms with Crippen LogP contribution in [0, 0.1) is 0 Å². The van der Waals surface area contributed by atoms with Crippen LogP contribution in [0.4, 0.5) is 5.69 Å². The zero-order valence-corrected chi connectivity index (χ0v) is 9.92. The largest absolute Gasteiger partial charge is 0.508 e. The molecule has 4 heteroatoms. The Morgan fingerprint density at radius 1 is 1.05 bits per heavy atom. The van der Waals surface area contributed by atoms with E-state index in [0.29, 0.717) is 11.1 Å². The number of anilines is 1. The molecule has 0 aliphatic carbocycles. The van der Waals surface area contributed by atoms with E-state index in [1.165, 1.54) is 18.2 Å². The van der Waals surface area contributed by atoms with Gasteiger partial charge in [-0.1, -0.05) is 18.2 Å². The van der Waals surface area contributed by atoms with Gasteiger partial charge in [-0.25, -0.2) is 0 Å². The number of benzene rings is 2. The highest BCUT2D eigenvalue weighted by atomic mass is 16.3. The van der Waals surface area contributed by atoms with Gasteiger partial charge >= 0.3 is 0 Å². The van der Waals surface area contributed by atoms with Gasteiger partial charge in [0, 0.05) is 22.4 Å². The Bertz CT molecular complexity index is 704. The highest BCUT2D eigenvalue weighted by Gasteiger charge is 2.23. The van der Waals surface area contributed by atoms with Gasteiger partial charge in [-0.3, -0.25) is 4.79 Å². The number of aromatic hydroxyl groups is 2. The molecule has 0 bridgehead atoms. The first-order valence-corrected chi connectivity index (χ1v) is 5.79. The minimum Gasteiger partial charge on any atom is -0.508 e. The topological polar surface area (TPSA) is 69.6 Å². The van der Waals surface area contributed by atoms with E-state index in [-0.39, 0.29) is 17.4 Å². The first-order chi connectivity index (χ1) is 9.15. The maximum Gasteiger partial charge on any atom is 0.256 e. The normalized spacial score (nSPS) is 15.4. The van der Waals surface area contributed by atoms with Crippen LogP contribution in [0.2, 0.25) is 0 Å². The van der Waals surface area contributed by atoms with Crippen molar-refractivity contribution in [3.63, 3.8) is 0 Å². The van der Waals surface area contributed by atoms with Gasteiger partial charge in [0.1, 0.15) is 11.5 Å². The second kappa shape index (κ2) is 4.17. The average Bonchev–Trinajstić information content (AvgIpc) is 2.71. The minimum absolute atomic E-state index is 0.0162. The molecule has 3 rings (SSSR count). The molecule has 94 valence electrons. The third kappa shape index (κ3) is 1.93. The lowest BCUT2D eigenvalue weighted by atomic mass is 10.0. The van der Waals surface area contributed by atoms with E-state index in [0.717, 1.165) is 11.3 Å². The number of hydrogen-bond donors (Lipinski definition) is 3. The van der Waals surface area contributed by atoms with Gasteiger partial charge in [0.2, 0.25) is 0 Å². The molecule has 3 N–H and O–H groups in total. The molecule has 19 heavy (non-hydrogen) atoms. The van der Waals surface area contributed by atoms with Gasteiger partial charge in [-0.05, 0) is 30.3 Å². The average molecular weight is 253 g/mol. The second-order valence-electron chi connectivity index (χ2n) is 4.30. The van der Waals surface area contributed by atoms with Crippen LogP contribution in [0.5, 0.6) is 11.5 Å². The predicted molar refractivity (Wildman–Crippen MR) is 72.7 cm³/mol. The number of amides is 1. The molecule has 1 heterocycles. The summed E-state index contributed by atoms with van der Waals surface area (Å²) >= 11 is 0. The molecule has 4 nitrogen and oxygen atoms in total. The molecular formula is C15H11NO3. The number of carbonyl (C=O) groups is 1. The van der Waals surface area contributed by atoms with E-state index in [4.69, 9.17) is 0 Å². The van der Waals surface area contributed by atoms with E-state index < -0.39 is 0 Å². The molecule has 0 aromatic heterocycles. The maximum absolute atomic E-state index is 11.9. The SMILES string of the molecule is O=C1Nc2ccccc2C1=Cc1cc(O)ccc1O. The highest BCUT2D eigenvalue weighted by Crippen LogP contribution is 2.34. The molecular weight excluding hydrogens is 242 g/mol. The summed E-state index contributed by atoms with van der Waals surface area (Å²) in [5, 5.41) is 21.9. The molecule has 0 saturated carbocycles. The zero-order chi connectivity index (χ0) is 13.4. The van der Waals surface area contributed by atoms with Crippen LogP contribution in [0.25, 0.3) is 11.6 Å². The molecule has 1 aliphatic rings. The van der Waals surface area contributed by atoms with Crippen molar-refractivity contribution in [3.05, 3.63) is 53.6 Å². The molecule has 2 aromatic carbocycles. The molecule has 1 aliphatic heterocycles. The van der Waals surface area contributed by atoms with Crippen molar-refractivity contribution in [2.75, 3.05) is 5.32 Å². The summed E-state index contributed by atoms with van der Waals surface area (Å²) in [6.07, 6.45) is 1.57. The number of nitrogens with one attached hydrogen (secondary N) is 1. The molecule has 0 saturated heterocycles. The third-order valence-corrected chi connectivity index (χ3v) is 3.02. The van der Waals surface area contributed by atoms with Crippen LogP contribution in [0.1, 0.15) is 11.1 Å². The molecule has 0 radical (unpaired) electrons. The Kier molecular flexibility index (Phi) is 2.49. The smallest absolute Gasteiger partial charge is 0.256 e. The summed E-state index contributed by atoms with van der Waals surface area (Å²) in [6, 6.07) is 11.5. The van der Waals surface area contributed by atoms with Crippen molar-refractivity contribution in [3.8, 4) is 11.5 Å². The number of rotatable bonds is 1. The number of para-hydroxylation sites is 1. The molecule has 0 unspecified atom stereocenters. The van der Waals surface area contributed by atoms with Crippen molar-refractivity contribution in [1.82, 2.24) is 0 Å². The van der Waals surface area contributed by atoms with Crippen LogP contribution < -0.4 is 5.32 Å². The maximum atomic E-state index is 11.9. The van der Waals surface area contributed by atoms with Crippen LogP contribution in [-0.2, 0) is 4.79 Å². The van der Waals surface area contributed by atoms with E-state index >= 15 is 0 Å². The van der Waals surface area contributed by atoms with Gasteiger partial charge < -0.3 is 15.5 Å². The number of fused-ring (bicyclic) bond motifs is 1. The molecule has 0 fully saturated rings. The number of hydrogen-bond acceptors (Lipinski definition) is 3. The van der Waals surface area contributed by atoms with Crippen molar-refractivity contribution in [1.29, 1.82) is 0 Å². The monoisotopic (exact) mass is 253 g/mol. The summed E-state index contributed by atoms with van der Waals surface area (Å²) in [5.41, 5.74) is 2.41. The van der Waals surface area contributed by atoms with E-state index in [1.54, 1.807) is 6.08 Å². The summed E-state index contributed by atoms with van der Waals surface area (Å²) < 4.78 is 0.